The summed E-state index contributed by atoms with van der Waals surface area (Å²) >= 11 is 0. The van der Waals surface area contributed by atoms with Gasteiger partial charge in [-0.25, -0.2) is 0 Å². The van der Waals surface area contributed by atoms with Crippen LogP contribution >= 0.6 is 0 Å². The number of rotatable bonds is 8. The smallest absolute Gasteiger partial charge is 0.254 e. The van der Waals surface area contributed by atoms with Crippen molar-refractivity contribution in [1.29, 1.82) is 0 Å². The van der Waals surface area contributed by atoms with Gasteiger partial charge in [0.2, 0.25) is 5.91 Å². The first-order valence-electron chi connectivity index (χ1n) is 13.3. The SMILES string of the molecule is COc1ccc(-c2ccc(N3CCCN(C(=O)CN(C(=O)c4ccccc4C)C(C)C)CC3)nn2)c(OC)c1. The number of ether oxygens (including phenoxy) is 2. The summed E-state index contributed by atoms with van der Waals surface area (Å²) in [6.45, 7) is 8.45. The van der Waals surface area contributed by atoms with Crippen LogP contribution in [0.25, 0.3) is 11.3 Å². The van der Waals surface area contributed by atoms with Gasteiger partial charge in [0.15, 0.2) is 5.82 Å². The highest BCUT2D eigenvalue weighted by Gasteiger charge is 2.27. The topological polar surface area (TPSA) is 88.1 Å². The fourth-order valence-corrected chi connectivity index (χ4v) is 4.75. The molecule has 2 aromatic carbocycles. The summed E-state index contributed by atoms with van der Waals surface area (Å²) in [7, 11) is 3.23. The van der Waals surface area contributed by atoms with Crippen LogP contribution in [0.4, 0.5) is 5.82 Å². The van der Waals surface area contributed by atoms with E-state index in [1.54, 1.807) is 19.1 Å². The van der Waals surface area contributed by atoms with Gasteiger partial charge in [0, 0.05) is 49.4 Å². The molecule has 1 aliphatic rings. The van der Waals surface area contributed by atoms with Crippen LogP contribution in [-0.4, -0.2) is 84.8 Å². The monoisotopic (exact) mass is 531 g/mol. The highest BCUT2D eigenvalue weighted by molar-refractivity contribution is 5.97. The van der Waals surface area contributed by atoms with Crippen molar-refractivity contribution in [3.8, 4) is 22.8 Å². The molecule has 1 aromatic heterocycles. The Labute approximate surface area is 230 Å². The van der Waals surface area contributed by atoms with Crippen molar-refractivity contribution in [2.75, 3.05) is 51.8 Å². The molecule has 1 fully saturated rings. The fraction of sp³-hybridized carbons (Fsp3) is 0.400. The summed E-state index contributed by atoms with van der Waals surface area (Å²) in [5.41, 5.74) is 3.08. The first-order valence-corrected chi connectivity index (χ1v) is 13.3. The van der Waals surface area contributed by atoms with Crippen molar-refractivity contribution in [2.24, 2.45) is 0 Å². The van der Waals surface area contributed by atoms with Crippen LogP contribution in [0.15, 0.2) is 54.6 Å². The number of aryl methyl sites for hydroxylation is 1. The average Bonchev–Trinajstić information content (AvgIpc) is 3.22. The summed E-state index contributed by atoms with van der Waals surface area (Å²) < 4.78 is 10.8. The van der Waals surface area contributed by atoms with E-state index in [1.165, 1.54) is 0 Å². The number of hydrogen-bond acceptors (Lipinski definition) is 7. The summed E-state index contributed by atoms with van der Waals surface area (Å²) in [6, 6.07) is 16.9. The normalized spacial score (nSPS) is 13.7. The lowest BCUT2D eigenvalue weighted by Gasteiger charge is -2.30. The second kappa shape index (κ2) is 12.6. The van der Waals surface area contributed by atoms with Crippen LogP contribution in [0.2, 0.25) is 0 Å². The molecule has 9 nitrogen and oxygen atoms in total. The predicted molar refractivity (Wildman–Crippen MR) is 151 cm³/mol. The van der Waals surface area contributed by atoms with E-state index < -0.39 is 0 Å². The number of aromatic nitrogens is 2. The Bertz CT molecular complexity index is 1290. The van der Waals surface area contributed by atoms with Crippen molar-refractivity contribution < 1.29 is 19.1 Å². The van der Waals surface area contributed by atoms with Crippen molar-refractivity contribution in [3.05, 3.63) is 65.7 Å². The molecule has 3 aromatic rings. The molecular formula is C30H37N5O4. The highest BCUT2D eigenvalue weighted by Crippen LogP contribution is 2.32. The predicted octanol–water partition coefficient (Wildman–Crippen LogP) is 4.06. The lowest BCUT2D eigenvalue weighted by atomic mass is 10.1. The Kier molecular flexibility index (Phi) is 9.01. The molecule has 0 bridgehead atoms. The van der Waals surface area contributed by atoms with Gasteiger partial charge in [-0.2, -0.15) is 0 Å². The van der Waals surface area contributed by atoms with Gasteiger partial charge in [-0.3, -0.25) is 9.59 Å². The number of benzene rings is 2. The van der Waals surface area contributed by atoms with Gasteiger partial charge in [-0.15, -0.1) is 10.2 Å². The Hall–Kier alpha value is -4.14. The van der Waals surface area contributed by atoms with Crippen molar-refractivity contribution in [2.45, 2.75) is 33.2 Å². The number of nitrogens with zero attached hydrogens (tertiary/aromatic N) is 5. The Balaban J connectivity index is 1.40. The molecule has 0 unspecified atom stereocenters. The molecular weight excluding hydrogens is 494 g/mol. The van der Waals surface area contributed by atoms with E-state index in [2.05, 4.69) is 15.1 Å². The first kappa shape index (κ1) is 27.9. The number of methoxy groups -OCH3 is 2. The van der Waals surface area contributed by atoms with Crippen molar-refractivity contribution in [1.82, 2.24) is 20.0 Å². The van der Waals surface area contributed by atoms with Gasteiger partial charge in [0.25, 0.3) is 5.91 Å². The zero-order valence-electron chi connectivity index (χ0n) is 23.4. The van der Waals surface area contributed by atoms with Crippen LogP contribution in [0.5, 0.6) is 11.5 Å². The molecule has 4 rings (SSSR count). The number of carbonyl (C=O) groups is 2. The molecule has 1 saturated heterocycles. The van der Waals surface area contributed by atoms with Gasteiger partial charge in [-0.05, 0) is 63.1 Å². The van der Waals surface area contributed by atoms with Gasteiger partial charge < -0.3 is 24.2 Å². The summed E-state index contributed by atoms with van der Waals surface area (Å²) in [6.07, 6.45) is 0.800. The van der Waals surface area contributed by atoms with Crippen LogP contribution in [-0.2, 0) is 4.79 Å². The minimum Gasteiger partial charge on any atom is -0.497 e. The standard InChI is InChI=1S/C30H37N5O4/c1-21(2)35(30(37)24-10-7-6-9-22(24)3)20-29(36)34-16-8-15-33(17-18-34)28-14-13-26(31-32-28)25-12-11-23(38-4)19-27(25)39-5/h6-7,9-14,19,21H,8,15-18,20H2,1-5H3. The van der Waals surface area contributed by atoms with Crippen molar-refractivity contribution >= 4 is 17.6 Å². The molecule has 0 aliphatic carbocycles. The maximum atomic E-state index is 13.3. The lowest BCUT2D eigenvalue weighted by Crippen LogP contribution is -2.47. The zero-order valence-corrected chi connectivity index (χ0v) is 23.4. The molecule has 2 amide bonds. The highest BCUT2D eigenvalue weighted by atomic mass is 16.5. The maximum Gasteiger partial charge on any atom is 0.254 e. The molecule has 0 radical (unpaired) electrons. The molecule has 1 aliphatic heterocycles. The number of amides is 2. The van der Waals surface area contributed by atoms with Gasteiger partial charge in [0.05, 0.1) is 19.9 Å². The van der Waals surface area contributed by atoms with E-state index in [9.17, 15) is 9.59 Å². The number of carbonyl (C=O) groups excluding carboxylic acids is 2. The molecule has 206 valence electrons. The summed E-state index contributed by atoms with van der Waals surface area (Å²) in [5.74, 6) is 1.98. The number of hydrogen-bond donors (Lipinski definition) is 0. The van der Waals surface area contributed by atoms with Crippen LogP contribution in [0, 0.1) is 6.92 Å². The van der Waals surface area contributed by atoms with E-state index >= 15 is 0 Å². The Morgan fingerprint density at radius 3 is 2.41 bits per heavy atom. The lowest BCUT2D eigenvalue weighted by molar-refractivity contribution is -0.132. The van der Waals surface area contributed by atoms with Gasteiger partial charge in [0.1, 0.15) is 18.0 Å². The maximum absolute atomic E-state index is 13.3. The van der Waals surface area contributed by atoms with Crippen molar-refractivity contribution in [3.63, 3.8) is 0 Å². The largest absolute Gasteiger partial charge is 0.497 e. The minimum atomic E-state index is -0.114. The van der Waals surface area contributed by atoms with E-state index in [-0.39, 0.29) is 24.4 Å². The Morgan fingerprint density at radius 2 is 1.74 bits per heavy atom. The molecule has 0 atom stereocenters. The minimum absolute atomic E-state index is 0.0412. The molecule has 0 saturated carbocycles. The second-order valence-electron chi connectivity index (χ2n) is 9.91. The van der Waals surface area contributed by atoms with E-state index in [0.29, 0.717) is 42.4 Å². The fourth-order valence-electron chi connectivity index (χ4n) is 4.75. The first-order chi connectivity index (χ1) is 18.8. The van der Waals surface area contributed by atoms with E-state index in [0.717, 1.165) is 29.9 Å². The Morgan fingerprint density at radius 1 is 0.949 bits per heavy atom. The number of anilines is 1. The molecule has 9 heteroatoms. The summed E-state index contributed by atoms with van der Waals surface area (Å²) in [5, 5.41) is 8.93. The molecule has 2 heterocycles. The third-order valence-electron chi connectivity index (χ3n) is 7.07. The van der Waals surface area contributed by atoms with E-state index in [4.69, 9.17) is 9.47 Å². The molecule has 0 N–H and O–H groups in total. The average molecular weight is 532 g/mol. The molecule has 0 spiro atoms. The van der Waals surface area contributed by atoms with Crippen LogP contribution < -0.4 is 14.4 Å². The third kappa shape index (κ3) is 6.47. The zero-order chi connectivity index (χ0) is 27.9. The van der Waals surface area contributed by atoms with Gasteiger partial charge >= 0.3 is 0 Å². The quantitative estimate of drug-likeness (QED) is 0.433. The van der Waals surface area contributed by atoms with E-state index in [1.807, 2.05) is 80.3 Å². The second-order valence-corrected chi connectivity index (χ2v) is 9.91. The van der Waals surface area contributed by atoms with Crippen LogP contribution in [0.1, 0.15) is 36.2 Å². The van der Waals surface area contributed by atoms with Gasteiger partial charge in [-0.1, -0.05) is 18.2 Å². The van der Waals surface area contributed by atoms with Crippen LogP contribution in [0.3, 0.4) is 0 Å². The summed E-state index contributed by atoms with van der Waals surface area (Å²) in [4.78, 5) is 32.2. The molecule has 39 heavy (non-hydrogen) atoms. The third-order valence-corrected chi connectivity index (χ3v) is 7.07.